The SMILES string of the molecule is C[C@H](NC(=O)C1(CC(F)(F)F)CCN(C(=O)c2ccc(-c3ccc(F)cc3)cc2)CC1)c1ccc(F)cc1. The van der Waals surface area contributed by atoms with Crippen LogP contribution >= 0.6 is 0 Å². The van der Waals surface area contributed by atoms with Gasteiger partial charge in [-0.1, -0.05) is 36.4 Å². The summed E-state index contributed by atoms with van der Waals surface area (Å²) >= 11 is 0. The van der Waals surface area contributed by atoms with Gasteiger partial charge in [-0.3, -0.25) is 9.59 Å². The number of amides is 2. The zero-order valence-electron chi connectivity index (χ0n) is 20.7. The Morgan fingerprint density at radius 1 is 0.842 bits per heavy atom. The molecular formula is C29H27F5N2O2. The van der Waals surface area contributed by atoms with Gasteiger partial charge in [0.2, 0.25) is 5.91 Å². The molecular weight excluding hydrogens is 503 g/mol. The fourth-order valence-corrected chi connectivity index (χ4v) is 4.82. The van der Waals surface area contributed by atoms with Gasteiger partial charge in [0.15, 0.2) is 0 Å². The van der Waals surface area contributed by atoms with Crippen LogP contribution in [0.4, 0.5) is 22.0 Å². The molecule has 1 aliphatic rings. The summed E-state index contributed by atoms with van der Waals surface area (Å²) in [4.78, 5) is 27.7. The molecule has 0 spiro atoms. The number of carbonyl (C=O) groups is 2. The van der Waals surface area contributed by atoms with Gasteiger partial charge < -0.3 is 10.2 Å². The van der Waals surface area contributed by atoms with E-state index in [0.29, 0.717) is 11.1 Å². The minimum atomic E-state index is -4.57. The lowest BCUT2D eigenvalue weighted by Crippen LogP contribution is -2.52. The number of carbonyl (C=O) groups excluding carboxylic acids is 2. The van der Waals surface area contributed by atoms with E-state index in [2.05, 4.69) is 5.32 Å². The second kappa shape index (κ2) is 10.9. The third-order valence-corrected chi connectivity index (χ3v) is 7.06. The Labute approximate surface area is 217 Å². The van der Waals surface area contributed by atoms with Gasteiger partial charge in [-0.25, -0.2) is 8.78 Å². The lowest BCUT2D eigenvalue weighted by Gasteiger charge is -2.41. The maximum atomic E-state index is 13.5. The van der Waals surface area contributed by atoms with Crippen molar-refractivity contribution < 1.29 is 31.5 Å². The minimum Gasteiger partial charge on any atom is -0.349 e. The summed E-state index contributed by atoms with van der Waals surface area (Å²) in [6, 6.07) is 17.4. The molecule has 0 unspecified atom stereocenters. The van der Waals surface area contributed by atoms with Gasteiger partial charge in [0.05, 0.1) is 17.9 Å². The lowest BCUT2D eigenvalue weighted by molar-refractivity contribution is -0.174. The van der Waals surface area contributed by atoms with Crippen LogP contribution in [0.3, 0.4) is 0 Å². The van der Waals surface area contributed by atoms with Crippen molar-refractivity contribution in [3.8, 4) is 11.1 Å². The number of nitrogens with zero attached hydrogens (tertiary/aromatic N) is 1. The van der Waals surface area contributed by atoms with Crippen LogP contribution in [0.5, 0.6) is 0 Å². The first-order chi connectivity index (χ1) is 18.0. The summed E-state index contributed by atoms with van der Waals surface area (Å²) < 4.78 is 67.0. The second-order valence-electron chi connectivity index (χ2n) is 9.70. The molecule has 0 saturated carbocycles. The van der Waals surface area contributed by atoms with Gasteiger partial charge in [0.1, 0.15) is 11.6 Å². The standard InChI is InChI=1S/C29H27F5N2O2/c1-19(20-6-10-24(30)11-7-20)35-27(38)28(18-29(32,33)34)14-16-36(17-15-28)26(37)23-4-2-21(3-5-23)22-8-12-25(31)13-9-22/h2-13,19H,14-18H2,1H3,(H,35,38)/t19-/m0/s1. The molecule has 3 aromatic rings. The number of hydrogen-bond acceptors (Lipinski definition) is 2. The van der Waals surface area contributed by atoms with E-state index in [9.17, 15) is 31.5 Å². The molecule has 1 heterocycles. The molecule has 3 aromatic carbocycles. The van der Waals surface area contributed by atoms with Crippen molar-refractivity contribution in [2.45, 2.75) is 38.4 Å². The van der Waals surface area contributed by atoms with Crippen molar-refractivity contribution in [3.63, 3.8) is 0 Å². The summed E-state index contributed by atoms with van der Waals surface area (Å²) in [5.74, 6) is -1.88. The number of benzene rings is 3. The zero-order valence-corrected chi connectivity index (χ0v) is 20.7. The molecule has 1 fully saturated rings. The first kappa shape index (κ1) is 27.3. The van der Waals surface area contributed by atoms with Crippen LogP contribution in [0, 0.1) is 17.0 Å². The number of hydrogen-bond donors (Lipinski definition) is 1. The smallest absolute Gasteiger partial charge is 0.349 e. The van der Waals surface area contributed by atoms with Crippen LogP contribution in [-0.2, 0) is 4.79 Å². The quantitative estimate of drug-likeness (QED) is 0.362. The van der Waals surface area contributed by atoms with Crippen molar-refractivity contribution >= 4 is 11.8 Å². The van der Waals surface area contributed by atoms with E-state index >= 15 is 0 Å². The van der Waals surface area contributed by atoms with E-state index in [-0.39, 0.29) is 37.7 Å². The molecule has 2 amide bonds. The number of piperidine rings is 1. The summed E-state index contributed by atoms with van der Waals surface area (Å²) in [7, 11) is 0. The Morgan fingerprint density at radius 3 is 1.82 bits per heavy atom. The van der Waals surface area contributed by atoms with Gasteiger partial charge in [0.25, 0.3) is 5.91 Å². The highest BCUT2D eigenvalue weighted by atomic mass is 19.4. The van der Waals surface area contributed by atoms with Crippen molar-refractivity contribution in [1.82, 2.24) is 10.2 Å². The third kappa shape index (κ3) is 6.38. The van der Waals surface area contributed by atoms with Crippen molar-refractivity contribution in [3.05, 3.63) is 95.6 Å². The van der Waals surface area contributed by atoms with Crippen LogP contribution in [0.2, 0.25) is 0 Å². The minimum absolute atomic E-state index is 0.00697. The Balaban J connectivity index is 1.44. The first-order valence-corrected chi connectivity index (χ1v) is 12.2. The Hall–Kier alpha value is -3.75. The Bertz CT molecular complexity index is 1260. The molecule has 9 heteroatoms. The molecule has 38 heavy (non-hydrogen) atoms. The Kier molecular flexibility index (Phi) is 7.85. The highest BCUT2D eigenvalue weighted by Crippen LogP contribution is 2.42. The van der Waals surface area contributed by atoms with Gasteiger partial charge in [-0.05, 0) is 72.9 Å². The number of alkyl halides is 3. The van der Waals surface area contributed by atoms with E-state index in [1.54, 1.807) is 43.3 Å². The van der Waals surface area contributed by atoms with E-state index in [4.69, 9.17) is 0 Å². The van der Waals surface area contributed by atoms with E-state index in [1.807, 2.05) is 0 Å². The predicted octanol–water partition coefficient (Wildman–Crippen LogP) is 6.68. The number of nitrogens with one attached hydrogen (secondary N) is 1. The number of rotatable bonds is 6. The second-order valence-corrected chi connectivity index (χ2v) is 9.70. The van der Waals surface area contributed by atoms with Crippen molar-refractivity contribution in [2.75, 3.05) is 13.1 Å². The molecule has 4 rings (SSSR count). The van der Waals surface area contributed by atoms with E-state index in [0.717, 1.165) is 11.1 Å². The average molecular weight is 531 g/mol. The van der Waals surface area contributed by atoms with Crippen molar-refractivity contribution in [1.29, 1.82) is 0 Å². The summed E-state index contributed by atoms with van der Waals surface area (Å²) in [6.07, 6.45) is -6.16. The summed E-state index contributed by atoms with van der Waals surface area (Å²) in [6.45, 7) is 1.61. The zero-order chi connectivity index (χ0) is 27.5. The maximum absolute atomic E-state index is 13.5. The highest BCUT2D eigenvalue weighted by Gasteiger charge is 2.49. The largest absolute Gasteiger partial charge is 0.390 e. The summed E-state index contributed by atoms with van der Waals surface area (Å²) in [5, 5.41) is 2.66. The highest BCUT2D eigenvalue weighted by molar-refractivity contribution is 5.95. The summed E-state index contributed by atoms with van der Waals surface area (Å²) in [5.41, 5.74) is 0.792. The normalized spacial score (nSPS) is 16.1. The molecule has 0 bridgehead atoms. The molecule has 1 aliphatic heterocycles. The van der Waals surface area contributed by atoms with Gasteiger partial charge in [-0.15, -0.1) is 0 Å². The van der Waals surface area contributed by atoms with Crippen LogP contribution in [0.25, 0.3) is 11.1 Å². The van der Waals surface area contributed by atoms with Crippen LogP contribution in [0.1, 0.15) is 48.1 Å². The van der Waals surface area contributed by atoms with E-state index in [1.165, 1.54) is 41.3 Å². The first-order valence-electron chi connectivity index (χ1n) is 12.2. The lowest BCUT2D eigenvalue weighted by atomic mass is 9.74. The molecule has 0 aliphatic carbocycles. The molecule has 0 aromatic heterocycles. The fraction of sp³-hybridized carbons (Fsp3) is 0.310. The average Bonchev–Trinajstić information content (AvgIpc) is 2.88. The third-order valence-electron chi connectivity index (χ3n) is 7.06. The fourth-order valence-electron chi connectivity index (χ4n) is 4.82. The number of likely N-dealkylation sites (tertiary alicyclic amines) is 1. The maximum Gasteiger partial charge on any atom is 0.390 e. The molecule has 4 nitrogen and oxygen atoms in total. The van der Waals surface area contributed by atoms with Gasteiger partial charge in [0, 0.05) is 18.7 Å². The van der Waals surface area contributed by atoms with Crippen LogP contribution in [0.15, 0.2) is 72.8 Å². The molecule has 1 saturated heterocycles. The van der Waals surface area contributed by atoms with Crippen LogP contribution in [-0.4, -0.2) is 36.0 Å². The van der Waals surface area contributed by atoms with Crippen molar-refractivity contribution in [2.24, 2.45) is 5.41 Å². The van der Waals surface area contributed by atoms with Gasteiger partial charge in [-0.2, -0.15) is 13.2 Å². The van der Waals surface area contributed by atoms with Crippen LogP contribution < -0.4 is 5.32 Å². The molecule has 200 valence electrons. The van der Waals surface area contributed by atoms with Gasteiger partial charge >= 0.3 is 6.18 Å². The molecule has 1 atom stereocenters. The Morgan fingerprint density at radius 2 is 1.32 bits per heavy atom. The predicted molar refractivity (Wildman–Crippen MR) is 133 cm³/mol. The monoisotopic (exact) mass is 530 g/mol. The van der Waals surface area contributed by atoms with E-state index < -0.39 is 35.8 Å². The number of halogens is 5. The topological polar surface area (TPSA) is 49.4 Å². The molecule has 0 radical (unpaired) electrons. The molecule has 1 N–H and O–H groups in total.